The SMILES string of the molecule is CCCC(C)C1(N)CC1(C)C. The Hall–Kier alpha value is -0.0400. The zero-order valence-electron chi connectivity index (χ0n) is 8.28. The molecule has 1 aliphatic rings. The molecule has 1 aliphatic carbocycles. The Morgan fingerprint density at radius 1 is 1.45 bits per heavy atom. The van der Waals surface area contributed by atoms with Crippen molar-refractivity contribution in [1.82, 2.24) is 0 Å². The van der Waals surface area contributed by atoms with Gasteiger partial charge in [-0.1, -0.05) is 34.1 Å². The van der Waals surface area contributed by atoms with E-state index < -0.39 is 0 Å². The fourth-order valence-corrected chi connectivity index (χ4v) is 2.22. The van der Waals surface area contributed by atoms with Crippen LogP contribution >= 0.6 is 0 Å². The number of nitrogens with two attached hydrogens (primary N) is 1. The maximum atomic E-state index is 6.25. The molecule has 0 amide bonds. The smallest absolute Gasteiger partial charge is 0.0238 e. The van der Waals surface area contributed by atoms with Gasteiger partial charge in [-0.2, -0.15) is 0 Å². The van der Waals surface area contributed by atoms with Crippen LogP contribution in [0.25, 0.3) is 0 Å². The summed E-state index contributed by atoms with van der Waals surface area (Å²) in [7, 11) is 0. The molecule has 0 radical (unpaired) electrons. The van der Waals surface area contributed by atoms with Crippen molar-refractivity contribution in [3.8, 4) is 0 Å². The molecule has 0 aromatic heterocycles. The molecule has 0 bridgehead atoms. The molecule has 1 rings (SSSR count). The van der Waals surface area contributed by atoms with Crippen LogP contribution in [0.3, 0.4) is 0 Å². The Labute approximate surface area is 70.4 Å². The first-order valence-corrected chi connectivity index (χ1v) is 4.73. The van der Waals surface area contributed by atoms with Crippen LogP contribution in [0.15, 0.2) is 0 Å². The fourth-order valence-electron chi connectivity index (χ4n) is 2.22. The number of hydrogen-bond donors (Lipinski definition) is 1. The Morgan fingerprint density at radius 2 is 1.91 bits per heavy atom. The Kier molecular flexibility index (Phi) is 2.04. The van der Waals surface area contributed by atoms with Crippen LogP contribution in [0.1, 0.15) is 47.0 Å². The third-order valence-corrected chi connectivity index (χ3v) is 3.47. The molecule has 1 heteroatoms. The van der Waals surface area contributed by atoms with E-state index in [4.69, 9.17) is 5.73 Å². The summed E-state index contributed by atoms with van der Waals surface area (Å²) in [5, 5.41) is 0. The lowest BCUT2D eigenvalue weighted by atomic mass is 9.89. The van der Waals surface area contributed by atoms with E-state index in [1.165, 1.54) is 19.3 Å². The number of hydrogen-bond acceptors (Lipinski definition) is 1. The zero-order chi connectivity index (χ0) is 8.70. The first kappa shape index (κ1) is 9.05. The Balaban J connectivity index is 2.49. The monoisotopic (exact) mass is 155 g/mol. The summed E-state index contributed by atoms with van der Waals surface area (Å²) in [4.78, 5) is 0. The number of rotatable bonds is 3. The average molecular weight is 155 g/mol. The Bertz CT molecular complexity index is 151. The second kappa shape index (κ2) is 2.48. The topological polar surface area (TPSA) is 26.0 Å². The highest BCUT2D eigenvalue weighted by Gasteiger charge is 2.60. The quantitative estimate of drug-likeness (QED) is 0.666. The van der Waals surface area contributed by atoms with Gasteiger partial charge in [0.1, 0.15) is 0 Å². The summed E-state index contributed by atoms with van der Waals surface area (Å²) < 4.78 is 0. The highest BCUT2D eigenvalue weighted by molar-refractivity contribution is 5.17. The van der Waals surface area contributed by atoms with Crippen LogP contribution in [0.5, 0.6) is 0 Å². The molecule has 0 aromatic rings. The highest BCUT2D eigenvalue weighted by Crippen LogP contribution is 2.58. The maximum Gasteiger partial charge on any atom is 0.0238 e. The van der Waals surface area contributed by atoms with Gasteiger partial charge in [0, 0.05) is 5.54 Å². The van der Waals surface area contributed by atoms with Gasteiger partial charge >= 0.3 is 0 Å². The molecular weight excluding hydrogens is 134 g/mol. The zero-order valence-corrected chi connectivity index (χ0v) is 8.28. The predicted molar refractivity (Wildman–Crippen MR) is 49.4 cm³/mol. The van der Waals surface area contributed by atoms with E-state index in [-0.39, 0.29) is 5.54 Å². The van der Waals surface area contributed by atoms with Crippen molar-refractivity contribution in [1.29, 1.82) is 0 Å². The van der Waals surface area contributed by atoms with Crippen LogP contribution in [0, 0.1) is 11.3 Å². The minimum Gasteiger partial charge on any atom is -0.324 e. The molecule has 0 heterocycles. The molecule has 66 valence electrons. The van der Waals surface area contributed by atoms with Crippen molar-refractivity contribution in [2.24, 2.45) is 17.1 Å². The third kappa shape index (κ3) is 1.31. The maximum absolute atomic E-state index is 6.25. The van der Waals surface area contributed by atoms with Gasteiger partial charge in [-0.15, -0.1) is 0 Å². The van der Waals surface area contributed by atoms with Gasteiger partial charge in [-0.05, 0) is 24.2 Å². The average Bonchev–Trinajstić information content (AvgIpc) is 2.35. The molecule has 2 unspecified atom stereocenters. The third-order valence-electron chi connectivity index (χ3n) is 3.47. The van der Waals surface area contributed by atoms with Crippen LogP contribution in [-0.4, -0.2) is 5.54 Å². The summed E-state index contributed by atoms with van der Waals surface area (Å²) in [6.07, 6.45) is 3.75. The Morgan fingerprint density at radius 3 is 2.18 bits per heavy atom. The van der Waals surface area contributed by atoms with E-state index >= 15 is 0 Å². The normalized spacial score (nSPS) is 36.8. The molecule has 0 saturated heterocycles. The second-order valence-corrected chi connectivity index (χ2v) is 4.79. The van der Waals surface area contributed by atoms with E-state index in [9.17, 15) is 0 Å². The van der Waals surface area contributed by atoms with E-state index in [0.717, 1.165) is 0 Å². The van der Waals surface area contributed by atoms with Crippen molar-refractivity contribution in [2.45, 2.75) is 52.5 Å². The summed E-state index contributed by atoms with van der Waals surface area (Å²) in [6.45, 7) is 9.08. The summed E-state index contributed by atoms with van der Waals surface area (Å²) in [6, 6.07) is 0. The standard InChI is InChI=1S/C10H21N/c1-5-6-8(2)10(11)7-9(10,3)4/h8H,5-7,11H2,1-4H3. The molecule has 2 N–H and O–H groups in total. The van der Waals surface area contributed by atoms with Gasteiger partial charge in [0.25, 0.3) is 0 Å². The molecule has 1 saturated carbocycles. The van der Waals surface area contributed by atoms with Crippen LogP contribution < -0.4 is 5.73 Å². The van der Waals surface area contributed by atoms with Crippen molar-refractivity contribution in [3.05, 3.63) is 0 Å². The minimum atomic E-state index is 0.156. The molecule has 0 aromatic carbocycles. The van der Waals surface area contributed by atoms with Crippen molar-refractivity contribution < 1.29 is 0 Å². The molecule has 1 nitrogen and oxygen atoms in total. The van der Waals surface area contributed by atoms with Gasteiger partial charge in [-0.25, -0.2) is 0 Å². The summed E-state index contributed by atoms with van der Waals surface area (Å²) >= 11 is 0. The van der Waals surface area contributed by atoms with E-state index in [0.29, 0.717) is 11.3 Å². The van der Waals surface area contributed by atoms with Gasteiger partial charge < -0.3 is 5.73 Å². The lowest BCUT2D eigenvalue weighted by molar-refractivity contribution is 0.340. The van der Waals surface area contributed by atoms with Crippen LogP contribution in [0.4, 0.5) is 0 Å². The van der Waals surface area contributed by atoms with Crippen molar-refractivity contribution in [3.63, 3.8) is 0 Å². The molecule has 0 aliphatic heterocycles. The summed E-state index contributed by atoms with van der Waals surface area (Å²) in [5.74, 6) is 0.697. The molecular formula is C10H21N. The van der Waals surface area contributed by atoms with Gasteiger partial charge in [-0.3, -0.25) is 0 Å². The molecule has 11 heavy (non-hydrogen) atoms. The van der Waals surface area contributed by atoms with Crippen molar-refractivity contribution >= 4 is 0 Å². The summed E-state index contributed by atoms with van der Waals surface area (Å²) in [5.41, 5.74) is 6.81. The van der Waals surface area contributed by atoms with E-state index in [1.54, 1.807) is 0 Å². The van der Waals surface area contributed by atoms with Gasteiger partial charge in [0.2, 0.25) is 0 Å². The first-order valence-electron chi connectivity index (χ1n) is 4.73. The largest absolute Gasteiger partial charge is 0.324 e. The highest BCUT2D eigenvalue weighted by atomic mass is 14.9. The lowest BCUT2D eigenvalue weighted by Crippen LogP contribution is -2.35. The van der Waals surface area contributed by atoms with Crippen LogP contribution in [0.2, 0.25) is 0 Å². The lowest BCUT2D eigenvalue weighted by Gasteiger charge is -2.22. The fraction of sp³-hybridized carbons (Fsp3) is 1.00. The van der Waals surface area contributed by atoms with Gasteiger partial charge in [0.05, 0.1) is 0 Å². The van der Waals surface area contributed by atoms with E-state index in [2.05, 4.69) is 27.7 Å². The predicted octanol–water partition coefficient (Wildman–Crippen LogP) is 2.55. The van der Waals surface area contributed by atoms with Crippen LogP contribution in [-0.2, 0) is 0 Å². The molecule has 1 fully saturated rings. The first-order chi connectivity index (χ1) is 4.94. The van der Waals surface area contributed by atoms with E-state index in [1.807, 2.05) is 0 Å². The molecule has 0 spiro atoms. The van der Waals surface area contributed by atoms with Gasteiger partial charge in [0.15, 0.2) is 0 Å². The minimum absolute atomic E-state index is 0.156. The van der Waals surface area contributed by atoms with Crippen molar-refractivity contribution in [2.75, 3.05) is 0 Å². The molecule has 2 atom stereocenters. The second-order valence-electron chi connectivity index (χ2n) is 4.79.